The molecule has 1 aliphatic rings. The molecule has 3 unspecified atom stereocenters. The topological polar surface area (TPSA) is 41.5 Å². The van der Waals surface area contributed by atoms with Crippen molar-refractivity contribution >= 4 is 11.6 Å². The fourth-order valence-corrected chi connectivity index (χ4v) is 5.01. The first-order valence-electron chi connectivity index (χ1n) is 12.1. The van der Waals surface area contributed by atoms with E-state index in [1.165, 1.54) is 0 Å². The summed E-state index contributed by atoms with van der Waals surface area (Å²) < 4.78 is 111. The molecule has 0 aromatic heterocycles. The number of aliphatic hydroxyl groups excluding tert-OH is 1. The van der Waals surface area contributed by atoms with Gasteiger partial charge in [0.25, 0.3) is 0 Å². The van der Waals surface area contributed by atoms with E-state index >= 15 is 0 Å². The Morgan fingerprint density at radius 2 is 1.71 bits per heavy atom. The van der Waals surface area contributed by atoms with E-state index in [1.807, 2.05) is 13.0 Å². The van der Waals surface area contributed by atoms with Gasteiger partial charge < -0.3 is 15.2 Å². The largest absolute Gasteiger partial charge is 0.489 e. The van der Waals surface area contributed by atoms with Gasteiger partial charge in [0.2, 0.25) is 0 Å². The van der Waals surface area contributed by atoms with Gasteiger partial charge >= 0.3 is 18.3 Å². The maximum Gasteiger partial charge on any atom is 0.458 e. The minimum Gasteiger partial charge on any atom is -0.489 e. The standard InChI is InChI=1S/C26H28ClF8NO2/c1-2-17-5-3-7-20(22(17)27)38-19-6-4-12-23(14-19,36-15-21(37)25(30,31)32)13-16-8-10-18(11-9-16)24(28,29)26(33,34)35/h3,5,7-11,19,21,36-37H,2,4,6,12-15H2,1H3. The first kappa shape index (κ1) is 30.4. The fourth-order valence-electron chi connectivity index (χ4n) is 4.71. The van der Waals surface area contributed by atoms with E-state index < -0.39 is 48.1 Å². The smallest absolute Gasteiger partial charge is 0.458 e. The van der Waals surface area contributed by atoms with Gasteiger partial charge in [0, 0.05) is 24.1 Å². The predicted octanol–water partition coefficient (Wildman–Crippen LogP) is 7.37. The number of β-amino-alcohol motifs (C(OH)–C–C–N with tert-alkyl or cyclic N) is 1. The summed E-state index contributed by atoms with van der Waals surface area (Å²) in [5.74, 6) is -4.63. The quantitative estimate of drug-likeness (QED) is 0.308. The SMILES string of the molecule is CCc1cccc(OC2CCCC(Cc3ccc(C(F)(F)C(F)(F)F)cc3)(NCC(O)C(F)(F)F)C2)c1Cl. The number of ether oxygens (including phenoxy) is 1. The van der Waals surface area contributed by atoms with Crippen LogP contribution in [0.25, 0.3) is 0 Å². The molecule has 1 saturated carbocycles. The molecule has 0 amide bonds. The Bertz CT molecular complexity index is 1070. The zero-order valence-corrected chi connectivity index (χ0v) is 21.2. The van der Waals surface area contributed by atoms with E-state index in [1.54, 1.807) is 12.1 Å². The number of nitrogens with one attached hydrogen (secondary N) is 1. The van der Waals surface area contributed by atoms with Gasteiger partial charge in [-0.25, -0.2) is 0 Å². The van der Waals surface area contributed by atoms with E-state index in [0.29, 0.717) is 54.2 Å². The normalized spacial score (nSPS) is 21.8. The van der Waals surface area contributed by atoms with Crippen LogP contribution in [0.5, 0.6) is 5.75 Å². The Labute approximate surface area is 220 Å². The molecule has 0 heterocycles. The molecule has 12 heteroatoms. The van der Waals surface area contributed by atoms with Crippen molar-refractivity contribution in [1.29, 1.82) is 0 Å². The molecule has 3 atom stereocenters. The Kier molecular flexibility index (Phi) is 9.25. The highest BCUT2D eigenvalue weighted by atomic mass is 35.5. The van der Waals surface area contributed by atoms with Gasteiger partial charge in [-0.1, -0.05) is 54.9 Å². The number of hydrogen-bond acceptors (Lipinski definition) is 3. The van der Waals surface area contributed by atoms with Gasteiger partial charge in [-0.3, -0.25) is 0 Å². The number of benzene rings is 2. The molecule has 38 heavy (non-hydrogen) atoms. The molecule has 2 N–H and O–H groups in total. The van der Waals surface area contributed by atoms with Gasteiger partial charge in [0.1, 0.15) is 11.9 Å². The summed E-state index contributed by atoms with van der Waals surface area (Å²) in [7, 11) is 0. The molecule has 0 spiro atoms. The second kappa shape index (κ2) is 11.6. The summed E-state index contributed by atoms with van der Waals surface area (Å²) in [5, 5.41) is 12.8. The van der Waals surface area contributed by atoms with Crippen LogP contribution in [0.4, 0.5) is 35.1 Å². The van der Waals surface area contributed by atoms with Crippen LogP contribution in [0.1, 0.15) is 49.3 Å². The number of alkyl halides is 8. The summed E-state index contributed by atoms with van der Waals surface area (Å²) >= 11 is 6.43. The van der Waals surface area contributed by atoms with Crippen molar-refractivity contribution in [2.45, 2.75) is 81.5 Å². The van der Waals surface area contributed by atoms with Gasteiger partial charge in [-0.05, 0) is 49.3 Å². The summed E-state index contributed by atoms with van der Waals surface area (Å²) in [4.78, 5) is 0. The van der Waals surface area contributed by atoms with Crippen molar-refractivity contribution in [3.8, 4) is 5.75 Å². The zero-order valence-electron chi connectivity index (χ0n) is 20.4. The summed E-state index contributed by atoms with van der Waals surface area (Å²) in [6.45, 7) is 1.09. The van der Waals surface area contributed by atoms with Crippen molar-refractivity contribution < 1.29 is 45.0 Å². The highest BCUT2D eigenvalue weighted by Crippen LogP contribution is 2.44. The Hall–Kier alpha value is -2.11. The minimum atomic E-state index is -5.77. The third-order valence-electron chi connectivity index (χ3n) is 6.78. The van der Waals surface area contributed by atoms with Crippen LogP contribution < -0.4 is 10.1 Å². The molecule has 3 nitrogen and oxygen atoms in total. The first-order chi connectivity index (χ1) is 17.6. The third kappa shape index (κ3) is 7.09. The van der Waals surface area contributed by atoms with Crippen molar-refractivity contribution in [3.05, 3.63) is 64.2 Å². The molecule has 0 aliphatic heterocycles. The van der Waals surface area contributed by atoms with Gasteiger partial charge in [0.05, 0.1) is 5.02 Å². The predicted molar refractivity (Wildman–Crippen MR) is 127 cm³/mol. The van der Waals surface area contributed by atoms with E-state index in [-0.39, 0.29) is 12.8 Å². The first-order valence-corrected chi connectivity index (χ1v) is 12.4. The lowest BCUT2D eigenvalue weighted by molar-refractivity contribution is -0.289. The van der Waals surface area contributed by atoms with Crippen molar-refractivity contribution in [1.82, 2.24) is 5.32 Å². The van der Waals surface area contributed by atoms with Crippen LogP contribution in [0.15, 0.2) is 42.5 Å². The molecule has 1 aliphatic carbocycles. The molecule has 0 saturated heterocycles. The molecular formula is C26H28ClF8NO2. The Morgan fingerprint density at radius 3 is 2.29 bits per heavy atom. The molecule has 2 aromatic rings. The molecule has 3 rings (SSSR count). The van der Waals surface area contributed by atoms with Crippen LogP contribution in [0.3, 0.4) is 0 Å². The minimum absolute atomic E-state index is 0.0119. The van der Waals surface area contributed by atoms with Crippen LogP contribution in [0, 0.1) is 0 Å². The van der Waals surface area contributed by atoms with E-state index in [0.717, 1.165) is 17.7 Å². The average Bonchev–Trinajstić information content (AvgIpc) is 2.83. The number of aliphatic hydroxyl groups is 1. The van der Waals surface area contributed by atoms with E-state index in [9.17, 15) is 40.2 Å². The van der Waals surface area contributed by atoms with Crippen molar-refractivity contribution in [2.24, 2.45) is 0 Å². The monoisotopic (exact) mass is 573 g/mol. The highest BCUT2D eigenvalue weighted by Gasteiger charge is 2.58. The highest BCUT2D eigenvalue weighted by molar-refractivity contribution is 6.32. The summed E-state index contributed by atoms with van der Waals surface area (Å²) in [6, 6.07) is 8.81. The van der Waals surface area contributed by atoms with E-state index in [4.69, 9.17) is 16.3 Å². The number of hydrogen-bond donors (Lipinski definition) is 2. The number of halogens is 9. The zero-order chi connectivity index (χ0) is 28.4. The summed E-state index contributed by atoms with van der Waals surface area (Å²) in [6.07, 6.45) is -11.5. The average molecular weight is 574 g/mol. The molecule has 1 fully saturated rings. The third-order valence-corrected chi connectivity index (χ3v) is 7.21. The van der Waals surface area contributed by atoms with Crippen molar-refractivity contribution in [3.63, 3.8) is 0 Å². The van der Waals surface area contributed by atoms with Crippen LogP contribution in [-0.4, -0.2) is 41.8 Å². The number of aryl methyl sites for hydroxylation is 1. The molecule has 212 valence electrons. The Balaban J connectivity index is 1.85. The fraction of sp³-hybridized carbons (Fsp3) is 0.538. The second-order valence-electron chi connectivity index (χ2n) is 9.58. The number of rotatable bonds is 9. The molecule has 0 bridgehead atoms. The summed E-state index contributed by atoms with van der Waals surface area (Å²) in [5.41, 5.74) is -1.10. The lowest BCUT2D eigenvalue weighted by Crippen LogP contribution is -2.56. The lowest BCUT2D eigenvalue weighted by Gasteiger charge is -2.42. The van der Waals surface area contributed by atoms with Crippen LogP contribution >= 0.6 is 11.6 Å². The van der Waals surface area contributed by atoms with Crippen molar-refractivity contribution in [2.75, 3.05) is 6.54 Å². The second-order valence-corrected chi connectivity index (χ2v) is 9.96. The Morgan fingerprint density at radius 1 is 1.05 bits per heavy atom. The van der Waals surface area contributed by atoms with Gasteiger partial charge in [0.15, 0.2) is 6.10 Å². The molecular weight excluding hydrogens is 546 g/mol. The van der Waals surface area contributed by atoms with Gasteiger partial charge in [-0.2, -0.15) is 35.1 Å². The van der Waals surface area contributed by atoms with Crippen LogP contribution in [0.2, 0.25) is 5.02 Å². The molecule has 2 aromatic carbocycles. The van der Waals surface area contributed by atoms with E-state index in [2.05, 4.69) is 5.32 Å². The maximum absolute atomic E-state index is 13.7. The van der Waals surface area contributed by atoms with Gasteiger partial charge in [-0.15, -0.1) is 0 Å². The molecule has 0 radical (unpaired) electrons. The lowest BCUT2D eigenvalue weighted by atomic mass is 9.75. The maximum atomic E-state index is 13.7. The van der Waals surface area contributed by atoms with Crippen LogP contribution in [-0.2, 0) is 18.8 Å².